The molecule has 37 heavy (non-hydrogen) atoms. The van der Waals surface area contributed by atoms with Crippen molar-refractivity contribution in [3.63, 3.8) is 0 Å². The van der Waals surface area contributed by atoms with E-state index in [-0.39, 0.29) is 50.4 Å². The first-order valence-electron chi connectivity index (χ1n) is 13.5. The summed E-state index contributed by atoms with van der Waals surface area (Å²) < 4.78 is 22.3. The number of hydrogen-bond donors (Lipinski definition) is 1. The van der Waals surface area contributed by atoms with E-state index in [9.17, 15) is 19.1 Å². The fourth-order valence-electron chi connectivity index (χ4n) is 5.71. The Hall–Kier alpha value is -2.94. The second-order valence-corrected chi connectivity index (χ2v) is 10.7. The maximum absolute atomic E-state index is 14.4. The molecule has 0 bridgehead atoms. The molecule has 1 aromatic carbocycles. The molecule has 2 aliphatic heterocycles. The summed E-state index contributed by atoms with van der Waals surface area (Å²) >= 11 is 0. The van der Waals surface area contributed by atoms with Gasteiger partial charge in [0.1, 0.15) is 24.1 Å². The van der Waals surface area contributed by atoms with Crippen LogP contribution in [0.5, 0.6) is 5.75 Å². The third kappa shape index (κ3) is 5.51. The van der Waals surface area contributed by atoms with Gasteiger partial charge in [0.2, 0.25) is 5.91 Å². The molecule has 2 fully saturated rings. The Balaban J connectivity index is 1.22. The van der Waals surface area contributed by atoms with Crippen LogP contribution in [0, 0.1) is 6.92 Å². The van der Waals surface area contributed by atoms with Crippen LogP contribution in [0.4, 0.5) is 4.39 Å². The van der Waals surface area contributed by atoms with Gasteiger partial charge in [0.05, 0.1) is 6.61 Å². The van der Waals surface area contributed by atoms with Crippen LogP contribution < -0.4 is 4.74 Å². The largest absolute Gasteiger partial charge is 0.490 e. The first kappa shape index (κ1) is 25.7. The van der Waals surface area contributed by atoms with Gasteiger partial charge in [-0.25, -0.2) is 4.39 Å². The molecule has 0 saturated carbocycles. The van der Waals surface area contributed by atoms with Crippen LogP contribution >= 0.6 is 0 Å². The number of fused-ring (bicyclic) bond motifs is 1. The summed E-state index contributed by atoms with van der Waals surface area (Å²) in [4.78, 5) is 30.1. The molecule has 8 nitrogen and oxygen atoms in total. The van der Waals surface area contributed by atoms with Gasteiger partial charge in [-0.15, -0.1) is 0 Å². The minimum absolute atomic E-state index is 0.00680. The highest BCUT2D eigenvalue weighted by molar-refractivity contribution is 5.94. The van der Waals surface area contributed by atoms with Crippen molar-refractivity contribution in [1.29, 1.82) is 0 Å². The van der Waals surface area contributed by atoms with Crippen LogP contribution in [0.3, 0.4) is 0 Å². The maximum atomic E-state index is 14.4. The second kappa shape index (κ2) is 10.8. The lowest BCUT2D eigenvalue weighted by Gasteiger charge is -2.35. The number of carbonyl (C=O) groups is 2. The lowest BCUT2D eigenvalue weighted by Crippen LogP contribution is -2.46. The number of likely N-dealkylation sites (tertiary alicyclic amines) is 2. The van der Waals surface area contributed by atoms with Crippen LogP contribution in [-0.4, -0.2) is 81.1 Å². The average Bonchev–Trinajstić information content (AvgIpc) is 3.28. The average molecular weight is 513 g/mol. The van der Waals surface area contributed by atoms with Crippen molar-refractivity contribution in [3.8, 4) is 5.75 Å². The standard InChI is InChI=1S/C28H37FN4O4/c1-20-6-2-5-9-24(20)37-21-10-14-31(15-11-21)25(35)18-33-23-8-4-3-7-22(23)26(30-33)27(36)32-16-12-28(29,19-34)13-17-32/h2,5-6,9,21,34H,3-4,7-8,10-19H2,1H3. The second-order valence-electron chi connectivity index (χ2n) is 10.7. The fourth-order valence-corrected chi connectivity index (χ4v) is 5.71. The Morgan fingerprint density at radius 3 is 2.49 bits per heavy atom. The highest BCUT2D eigenvalue weighted by atomic mass is 19.1. The topological polar surface area (TPSA) is 87.9 Å². The van der Waals surface area contributed by atoms with Gasteiger partial charge in [0.15, 0.2) is 5.69 Å². The molecule has 2 amide bonds. The van der Waals surface area contributed by atoms with Gasteiger partial charge in [0.25, 0.3) is 5.91 Å². The Morgan fingerprint density at radius 2 is 1.78 bits per heavy atom. The lowest BCUT2D eigenvalue weighted by molar-refractivity contribution is -0.133. The van der Waals surface area contributed by atoms with Gasteiger partial charge in [-0.2, -0.15) is 5.10 Å². The summed E-state index contributed by atoms with van der Waals surface area (Å²) in [6, 6.07) is 7.98. The zero-order valence-corrected chi connectivity index (χ0v) is 21.6. The molecular weight excluding hydrogens is 475 g/mol. The Bertz CT molecular complexity index is 1130. The quantitative estimate of drug-likeness (QED) is 0.643. The summed E-state index contributed by atoms with van der Waals surface area (Å²) in [6.07, 6.45) is 5.45. The summed E-state index contributed by atoms with van der Waals surface area (Å²) in [5.74, 6) is 0.709. The summed E-state index contributed by atoms with van der Waals surface area (Å²) in [6.45, 7) is 3.42. The van der Waals surface area contributed by atoms with Gasteiger partial charge < -0.3 is 19.6 Å². The lowest BCUT2D eigenvalue weighted by atomic mass is 9.93. The number of alkyl halides is 1. The van der Waals surface area contributed by atoms with Crippen LogP contribution in [0.1, 0.15) is 65.8 Å². The van der Waals surface area contributed by atoms with E-state index in [2.05, 4.69) is 5.10 Å². The molecule has 0 spiro atoms. The number of halogens is 1. The number of carbonyl (C=O) groups excluding carboxylic acids is 2. The molecule has 0 radical (unpaired) electrons. The number of aliphatic hydroxyl groups is 1. The van der Waals surface area contributed by atoms with Gasteiger partial charge in [-0.1, -0.05) is 18.2 Å². The number of amides is 2. The van der Waals surface area contributed by atoms with Crippen LogP contribution in [0.15, 0.2) is 24.3 Å². The van der Waals surface area contributed by atoms with E-state index < -0.39 is 12.3 Å². The normalized spacial score (nSPS) is 20.0. The number of piperidine rings is 2. The number of aliphatic hydroxyl groups excluding tert-OH is 1. The smallest absolute Gasteiger partial charge is 0.274 e. The number of rotatable bonds is 6. The van der Waals surface area contributed by atoms with Crippen molar-refractivity contribution in [2.24, 2.45) is 0 Å². The summed E-state index contributed by atoms with van der Waals surface area (Å²) in [5.41, 5.74) is 1.82. The van der Waals surface area contributed by atoms with Crippen molar-refractivity contribution in [2.45, 2.75) is 76.6 Å². The minimum atomic E-state index is -1.61. The predicted octanol–water partition coefficient (Wildman–Crippen LogP) is 3.08. The molecule has 5 rings (SSSR count). The number of ether oxygens (including phenoxy) is 1. The van der Waals surface area contributed by atoms with Gasteiger partial charge in [0, 0.05) is 63.1 Å². The zero-order valence-electron chi connectivity index (χ0n) is 21.6. The van der Waals surface area contributed by atoms with Gasteiger partial charge in [-0.3, -0.25) is 14.3 Å². The molecular formula is C28H37FN4O4. The first-order valence-corrected chi connectivity index (χ1v) is 13.5. The Labute approximate surface area is 217 Å². The van der Waals surface area contributed by atoms with E-state index >= 15 is 0 Å². The SMILES string of the molecule is Cc1ccccc1OC1CCN(C(=O)Cn2nc(C(=O)N3CCC(F)(CO)CC3)c3c2CCCC3)CC1. The molecule has 0 unspecified atom stereocenters. The number of hydrogen-bond acceptors (Lipinski definition) is 5. The number of benzene rings is 1. The molecule has 0 atom stereocenters. The number of para-hydroxylation sites is 1. The Morgan fingerprint density at radius 1 is 1.08 bits per heavy atom. The molecule has 2 saturated heterocycles. The van der Waals surface area contributed by atoms with Crippen LogP contribution in [0.25, 0.3) is 0 Å². The Kier molecular flexibility index (Phi) is 7.51. The van der Waals surface area contributed by atoms with E-state index in [1.54, 1.807) is 9.58 Å². The number of aryl methyl sites for hydroxylation is 1. The van der Waals surface area contributed by atoms with E-state index in [1.807, 2.05) is 36.1 Å². The highest BCUT2D eigenvalue weighted by Gasteiger charge is 2.37. The molecule has 2 aromatic rings. The number of nitrogens with zero attached hydrogens (tertiary/aromatic N) is 4. The van der Waals surface area contributed by atoms with Crippen LogP contribution in [-0.2, 0) is 24.2 Å². The predicted molar refractivity (Wildman–Crippen MR) is 136 cm³/mol. The molecule has 3 heterocycles. The van der Waals surface area contributed by atoms with Crippen molar-refractivity contribution in [2.75, 3.05) is 32.8 Å². The monoisotopic (exact) mass is 512 g/mol. The fraction of sp³-hybridized carbons (Fsp3) is 0.607. The molecule has 1 N–H and O–H groups in total. The van der Waals surface area contributed by atoms with Crippen molar-refractivity contribution in [3.05, 3.63) is 46.8 Å². The molecule has 3 aliphatic rings. The van der Waals surface area contributed by atoms with Gasteiger partial charge in [-0.05, 0) is 44.2 Å². The minimum Gasteiger partial charge on any atom is -0.490 e. The molecule has 200 valence electrons. The third-order valence-corrected chi connectivity index (χ3v) is 8.16. The first-order chi connectivity index (χ1) is 17.9. The molecule has 1 aromatic heterocycles. The van der Waals surface area contributed by atoms with Gasteiger partial charge >= 0.3 is 0 Å². The third-order valence-electron chi connectivity index (χ3n) is 8.16. The zero-order chi connectivity index (χ0) is 26.0. The van der Waals surface area contributed by atoms with E-state index in [1.165, 1.54) is 0 Å². The van der Waals surface area contributed by atoms with Crippen LogP contribution in [0.2, 0.25) is 0 Å². The van der Waals surface area contributed by atoms with Crippen molar-refractivity contribution in [1.82, 2.24) is 19.6 Å². The molecule has 9 heteroatoms. The van der Waals surface area contributed by atoms with E-state index in [0.29, 0.717) is 18.8 Å². The van der Waals surface area contributed by atoms with Crippen molar-refractivity contribution < 1.29 is 23.8 Å². The number of aromatic nitrogens is 2. The molecule has 1 aliphatic carbocycles. The summed E-state index contributed by atoms with van der Waals surface area (Å²) in [5, 5.41) is 13.9. The van der Waals surface area contributed by atoms with E-state index in [4.69, 9.17) is 4.74 Å². The van der Waals surface area contributed by atoms with E-state index in [0.717, 1.165) is 61.1 Å². The highest BCUT2D eigenvalue weighted by Crippen LogP contribution is 2.30. The maximum Gasteiger partial charge on any atom is 0.274 e. The van der Waals surface area contributed by atoms with Crippen molar-refractivity contribution >= 4 is 11.8 Å². The summed E-state index contributed by atoms with van der Waals surface area (Å²) in [7, 11) is 0.